The average Bonchev–Trinajstić information content (AvgIpc) is 3.26. The number of thiophene rings is 1. The minimum absolute atomic E-state index is 0.752. The third-order valence-electron chi connectivity index (χ3n) is 5.60. The molecule has 2 aromatic carbocycles. The lowest BCUT2D eigenvalue weighted by Gasteiger charge is -2.33. The Labute approximate surface area is 180 Å². The molecule has 0 saturated carbocycles. The number of nitrogens with one attached hydrogen (secondary N) is 1. The molecule has 0 unspecified atom stereocenters. The number of ether oxygens (including phenoxy) is 1. The summed E-state index contributed by atoms with van der Waals surface area (Å²) < 4.78 is 5.87. The van der Waals surface area contributed by atoms with Gasteiger partial charge >= 0.3 is 0 Å². The van der Waals surface area contributed by atoms with E-state index in [1.165, 1.54) is 10.4 Å². The summed E-state index contributed by atoms with van der Waals surface area (Å²) in [5.41, 5.74) is 1.24. The van der Waals surface area contributed by atoms with Gasteiger partial charge in [-0.1, -0.05) is 48.5 Å². The van der Waals surface area contributed by atoms with Gasteiger partial charge in [-0.05, 0) is 23.8 Å². The van der Waals surface area contributed by atoms with Crippen LogP contribution in [-0.4, -0.2) is 49.3 Å². The zero-order chi connectivity index (χ0) is 20.2. The van der Waals surface area contributed by atoms with Gasteiger partial charge in [0.2, 0.25) is 0 Å². The molecule has 5 nitrogen and oxygen atoms in total. The Morgan fingerprint density at radius 1 is 0.933 bits per heavy atom. The second-order valence-corrected chi connectivity index (χ2v) is 8.57. The molecule has 30 heavy (non-hydrogen) atoms. The van der Waals surface area contributed by atoms with Crippen LogP contribution >= 0.6 is 11.3 Å². The molecular weight excluding hydrogens is 392 g/mol. The molecule has 5 rings (SSSR count). The number of para-hydroxylation sites is 1. The number of rotatable bonds is 6. The van der Waals surface area contributed by atoms with Gasteiger partial charge < -0.3 is 14.5 Å². The van der Waals surface area contributed by atoms with Crippen LogP contribution in [0.15, 0.2) is 73.1 Å². The van der Waals surface area contributed by atoms with Gasteiger partial charge in [0, 0.05) is 4.88 Å². The minimum atomic E-state index is 0.752. The number of fused-ring (bicyclic) bond motifs is 1. The first-order valence-electron chi connectivity index (χ1n) is 10.4. The molecule has 1 fully saturated rings. The van der Waals surface area contributed by atoms with Crippen molar-refractivity contribution >= 4 is 27.4 Å². The first-order chi connectivity index (χ1) is 14.9. The lowest BCUT2D eigenvalue weighted by molar-refractivity contribution is -0.900. The number of benzene rings is 2. The van der Waals surface area contributed by atoms with E-state index in [0.29, 0.717) is 0 Å². The molecule has 0 amide bonds. The van der Waals surface area contributed by atoms with Gasteiger partial charge in [-0.15, -0.1) is 11.3 Å². The fourth-order valence-electron chi connectivity index (χ4n) is 3.95. The Kier molecular flexibility index (Phi) is 5.59. The third-order valence-corrected chi connectivity index (χ3v) is 6.70. The fourth-order valence-corrected chi connectivity index (χ4v) is 4.95. The molecule has 2 aromatic heterocycles. The third kappa shape index (κ3) is 4.15. The summed E-state index contributed by atoms with van der Waals surface area (Å²) in [6, 6.07) is 22.8. The number of anilines is 1. The summed E-state index contributed by atoms with van der Waals surface area (Å²) >= 11 is 1.74. The van der Waals surface area contributed by atoms with Crippen LogP contribution in [0.4, 0.5) is 5.82 Å². The molecule has 1 saturated heterocycles. The lowest BCUT2D eigenvalue weighted by Crippen LogP contribution is -3.15. The normalized spacial score (nSPS) is 14.9. The van der Waals surface area contributed by atoms with Gasteiger partial charge in [0.15, 0.2) is 0 Å². The molecule has 0 spiro atoms. The van der Waals surface area contributed by atoms with E-state index in [2.05, 4.69) is 51.3 Å². The molecule has 6 heteroatoms. The number of aromatic nitrogens is 2. The van der Waals surface area contributed by atoms with Gasteiger partial charge in [-0.25, -0.2) is 9.97 Å². The van der Waals surface area contributed by atoms with Gasteiger partial charge in [0.1, 0.15) is 35.9 Å². The molecule has 1 aliphatic heterocycles. The summed E-state index contributed by atoms with van der Waals surface area (Å²) in [5, 5.41) is 1.16. The monoisotopic (exact) mass is 417 g/mol. The minimum Gasteiger partial charge on any atom is -0.488 e. The van der Waals surface area contributed by atoms with Crippen molar-refractivity contribution in [2.24, 2.45) is 0 Å². The Morgan fingerprint density at radius 2 is 1.67 bits per heavy atom. The van der Waals surface area contributed by atoms with Crippen molar-refractivity contribution in [2.45, 2.75) is 0 Å². The number of hydrogen-bond acceptors (Lipinski definition) is 5. The molecule has 0 atom stereocenters. The summed E-state index contributed by atoms with van der Waals surface area (Å²) in [7, 11) is 0. The number of piperazine rings is 1. The van der Waals surface area contributed by atoms with Crippen LogP contribution in [0.1, 0.15) is 0 Å². The van der Waals surface area contributed by atoms with Crippen molar-refractivity contribution < 1.29 is 9.64 Å². The Balaban J connectivity index is 1.23. The highest BCUT2D eigenvalue weighted by atomic mass is 32.1. The number of nitrogens with zero attached hydrogens (tertiary/aromatic N) is 3. The molecule has 3 heterocycles. The Bertz CT molecular complexity index is 1090. The maximum Gasteiger partial charge on any atom is 0.141 e. The van der Waals surface area contributed by atoms with Crippen LogP contribution in [0.5, 0.6) is 5.75 Å². The SMILES string of the molecule is c1ccc(OCC[NH+]2CCN(c3ncnc4sc(-c5ccccc5)cc34)CC2)cc1. The molecule has 4 aromatic rings. The van der Waals surface area contributed by atoms with Gasteiger partial charge in [-0.3, -0.25) is 0 Å². The first kappa shape index (κ1) is 19.0. The van der Waals surface area contributed by atoms with E-state index in [9.17, 15) is 0 Å². The zero-order valence-corrected chi connectivity index (χ0v) is 17.6. The van der Waals surface area contributed by atoms with E-state index in [1.54, 1.807) is 22.6 Å². The van der Waals surface area contributed by atoms with Gasteiger partial charge in [0.25, 0.3) is 0 Å². The van der Waals surface area contributed by atoms with Crippen LogP contribution in [-0.2, 0) is 0 Å². The molecule has 0 bridgehead atoms. The maximum absolute atomic E-state index is 5.87. The standard InChI is InChI=1S/C24H24N4OS/c1-3-7-19(8-4-1)22-17-21-23(25-18-26-24(21)30-22)28-13-11-27(12-14-28)15-16-29-20-9-5-2-6-10-20/h1-10,17-18H,11-16H2/p+1. The number of hydrogen-bond donors (Lipinski definition) is 1. The summed E-state index contributed by atoms with van der Waals surface area (Å²) in [4.78, 5) is 15.5. The average molecular weight is 418 g/mol. The lowest BCUT2D eigenvalue weighted by atomic mass is 10.2. The van der Waals surface area contributed by atoms with Crippen molar-refractivity contribution in [3.05, 3.63) is 73.1 Å². The molecule has 1 aliphatic rings. The summed E-state index contributed by atoms with van der Waals surface area (Å²) in [6.45, 7) is 5.98. The summed E-state index contributed by atoms with van der Waals surface area (Å²) in [5.74, 6) is 2.02. The van der Waals surface area contributed by atoms with E-state index in [1.807, 2.05) is 30.3 Å². The highest BCUT2D eigenvalue weighted by Gasteiger charge is 2.23. The van der Waals surface area contributed by atoms with Gasteiger partial charge in [0.05, 0.1) is 31.6 Å². The van der Waals surface area contributed by atoms with Crippen molar-refractivity contribution in [3.8, 4) is 16.2 Å². The second-order valence-electron chi connectivity index (χ2n) is 7.54. The Hall–Kier alpha value is -2.96. The van der Waals surface area contributed by atoms with E-state index < -0.39 is 0 Å². The van der Waals surface area contributed by atoms with Crippen LogP contribution in [0.2, 0.25) is 0 Å². The molecule has 0 aliphatic carbocycles. The molecule has 0 radical (unpaired) electrons. The van der Waals surface area contributed by atoms with E-state index >= 15 is 0 Å². The predicted octanol–water partition coefficient (Wildman–Crippen LogP) is 3.14. The largest absolute Gasteiger partial charge is 0.488 e. The van der Waals surface area contributed by atoms with Crippen molar-refractivity contribution in [3.63, 3.8) is 0 Å². The Morgan fingerprint density at radius 3 is 2.43 bits per heavy atom. The predicted molar refractivity (Wildman–Crippen MR) is 123 cm³/mol. The summed E-state index contributed by atoms with van der Waals surface area (Å²) in [6.07, 6.45) is 1.70. The maximum atomic E-state index is 5.87. The molecule has 152 valence electrons. The molecule has 1 N–H and O–H groups in total. The van der Waals surface area contributed by atoms with Crippen LogP contribution in [0.3, 0.4) is 0 Å². The number of quaternary nitrogens is 1. The zero-order valence-electron chi connectivity index (χ0n) is 16.8. The molecular formula is C24H25N4OS+. The first-order valence-corrected chi connectivity index (χ1v) is 11.2. The van der Waals surface area contributed by atoms with Crippen LogP contribution in [0.25, 0.3) is 20.7 Å². The van der Waals surface area contributed by atoms with E-state index in [4.69, 9.17) is 4.74 Å². The van der Waals surface area contributed by atoms with Crippen LogP contribution < -0.4 is 14.5 Å². The van der Waals surface area contributed by atoms with E-state index in [-0.39, 0.29) is 0 Å². The van der Waals surface area contributed by atoms with Gasteiger partial charge in [-0.2, -0.15) is 0 Å². The van der Waals surface area contributed by atoms with Crippen molar-refractivity contribution in [1.29, 1.82) is 0 Å². The quantitative estimate of drug-likeness (QED) is 0.523. The van der Waals surface area contributed by atoms with E-state index in [0.717, 1.165) is 61.1 Å². The fraction of sp³-hybridized carbons (Fsp3) is 0.250. The smallest absolute Gasteiger partial charge is 0.141 e. The topological polar surface area (TPSA) is 42.7 Å². The highest BCUT2D eigenvalue weighted by molar-refractivity contribution is 7.21. The van der Waals surface area contributed by atoms with Crippen LogP contribution in [0, 0.1) is 0 Å². The van der Waals surface area contributed by atoms with Crippen molar-refractivity contribution in [2.75, 3.05) is 44.2 Å². The highest BCUT2D eigenvalue weighted by Crippen LogP contribution is 2.35. The second kappa shape index (κ2) is 8.81. The van der Waals surface area contributed by atoms with Crippen molar-refractivity contribution in [1.82, 2.24) is 9.97 Å².